The molecule has 0 bridgehead atoms. The number of benzene rings is 1. The van der Waals surface area contributed by atoms with Gasteiger partial charge in [-0.05, 0) is 63.5 Å². The molecule has 1 unspecified atom stereocenters. The zero-order chi connectivity index (χ0) is 15.9. The van der Waals surface area contributed by atoms with Crippen LogP contribution in [0.4, 0.5) is 0 Å². The summed E-state index contributed by atoms with van der Waals surface area (Å²) in [6.45, 7) is 6.73. The highest BCUT2D eigenvalue weighted by molar-refractivity contribution is 9.10. The molecule has 1 atom stereocenters. The van der Waals surface area contributed by atoms with E-state index in [1.807, 2.05) is 36.1 Å². The van der Waals surface area contributed by atoms with Gasteiger partial charge in [-0.1, -0.05) is 22.9 Å². The fourth-order valence-electron chi connectivity index (χ4n) is 2.83. The van der Waals surface area contributed by atoms with Crippen molar-refractivity contribution in [2.45, 2.75) is 45.3 Å². The molecule has 1 saturated heterocycles. The summed E-state index contributed by atoms with van der Waals surface area (Å²) in [4.78, 5) is 14.8. The van der Waals surface area contributed by atoms with E-state index < -0.39 is 6.10 Å². The van der Waals surface area contributed by atoms with Gasteiger partial charge >= 0.3 is 0 Å². The van der Waals surface area contributed by atoms with Crippen molar-refractivity contribution in [3.05, 3.63) is 28.7 Å². The Morgan fingerprint density at radius 2 is 2.00 bits per heavy atom. The molecule has 1 heterocycles. The third kappa shape index (κ3) is 4.71. The summed E-state index contributed by atoms with van der Waals surface area (Å²) in [6.07, 6.45) is 2.57. The average Bonchev–Trinajstić information content (AvgIpc) is 2.55. The Morgan fingerprint density at radius 1 is 1.36 bits per heavy atom. The second kappa shape index (κ2) is 8.53. The summed E-state index contributed by atoms with van der Waals surface area (Å²) >= 11 is 3.40. The Hall–Kier alpha value is -1.07. The van der Waals surface area contributed by atoms with Crippen LogP contribution in [0.5, 0.6) is 5.75 Å². The first kappa shape index (κ1) is 17.3. The molecule has 0 aromatic heterocycles. The minimum Gasteiger partial charge on any atom is -0.481 e. The predicted molar refractivity (Wildman–Crippen MR) is 92.1 cm³/mol. The number of hydrogen-bond donors (Lipinski definition) is 1. The van der Waals surface area contributed by atoms with Crippen molar-refractivity contribution in [2.24, 2.45) is 0 Å². The lowest BCUT2D eigenvalue weighted by atomic mass is 10.0. The average molecular weight is 369 g/mol. The van der Waals surface area contributed by atoms with E-state index in [2.05, 4.69) is 28.2 Å². The molecular weight excluding hydrogens is 344 g/mol. The SMILES string of the molecule is CCCN(C(=O)C(C)Oc1ccc(Br)cc1)C1CCNCC1. The van der Waals surface area contributed by atoms with Gasteiger partial charge < -0.3 is 15.0 Å². The molecular formula is C17H25BrN2O2. The Labute approximate surface area is 141 Å². The van der Waals surface area contributed by atoms with Gasteiger partial charge in [0.2, 0.25) is 0 Å². The van der Waals surface area contributed by atoms with Crippen molar-refractivity contribution in [2.75, 3.05) is 19.6 Å². The zero-order valence-electron chi connectivity index (χ0n) is 13.3. The van der Waals surface area contributed by atoms with Crippen LogP contribution in [0.15, 0.2) is 28.7 Å². The molecule has 1 aliphatic rings. The minimum absolute atomic E-state index is 0.0941. The van der Waals surface area contributed by atoms with Crippen LogP contribution in [0.25, 0.3) is 0 Å². The largest absolute Gasteiger partial charge is 0.481 e. The highest BCUT2D eigenvalue weighted by atomic mass is 79.9. The number of piperidine rings is 1. The first-order chi connectivity index (χ1) is 10.6. The maximum absolute atomic E-state index is 12.8. The van der Waals surface area contributed by atoms with E-state index in [0.29, 0.717) is 6.04 Å². The lowest BCUT2D eigenvalue weighted by Crippen LogP contribution is -2.50. The van der Waals surface area contributed by atoms with E-state index in [4.69, 9.17) is 4.74 Å². The molecule has 1 N–H and O–H groups in total. The van der Waals surface area contributed by atoms with E-state index in [-0.39, 0.29) is 5.91 Å². The second-order valence-corrected chi connectivity index (χ2v) is 6.64. The van der Waals surface area contributed by atoms with Crippen LogP contribution in [0.2, 0.25) is 0 Å². The fraction of sp³-hybridized carbons (Fsp3) is 0.588. The smallest absolute Gasteiger partial charge is 0.263 e. The summed E-state index contributed by atoms with van der Waals surface area (Å²) in [6, 6.07) is 7.93. The number of halogens is 1. The number of amides is 1. The molecule has 0 aliphatic carbocycles. The standard InChI is InChI=1S/C17H25BrN2O2/c1-3-12-20(15-8-10-19-11-9-15)17(21)13(2)22-16-6-4-14(18)5-7-16/h4-7,13,15,19H,3,8-12H2,1-2H3. The molecule has 2 rings (SSSR count). The molecule has 1 aliphatic heterocycles. The van der Waals surface area contributed by atoms with Crippen LogP contribution >= 0.6 is 15.9 Å². The van der Waals surface area contributed by atoms with Gasteiger partial charge in [-0.25, -0.2) is 0 Å². The number of hydrogen-bond acceptors (Lipinski definition) is 3. The van der Waals surface area contributed by atoms with Crippen LogP contribution in [0, 0.1) is 0 Å². The van der Waals surface area contributed by atoms with Crippen molar-refractivity contribution in [1.29, 1.82) is 0 Å². The van der Waals surface area contributed by atoms with Gasteiger partial charge in [0.1, 0.15) is 5.75 Å². The summed E-state index contributed by atoms with van der Waals surface area (Å²) in [7, 11) is 0. The van der Waals surface area contributed by atoms with Crippen molar-refractivity contribution < 1.29 is 9.53 Å². The number of nitrogens with one attached hydrogen (secondary N) is 1. The highest BCUT2D eigenvalue weighted by Gasteiger charge is 2.28. The molecule has 1 aromatic carbocycles. The molecule has 122 valence electrons. The van der Waals surface area contributed by atoms with Crippen molar-refractivity contribution >= 4 is 21.8 Å². The number of carbonyl (C=O) groups excluding carboxylic acids is 1. The number of nitrogens with zero attached hydrogens (tertiary/aromatic N) is 1. The lowest BCUT2D eigenvalue weighted by molar-refractivity contribution is -0.141. The van der Waals surface area contributed by atoms with Crippen LogP contribution in [-0.2, 0) is 4.79 Å². The molecule has 0 saturated carbocycles. The first-order valence-corrected chi connectivity index (χ1v) is 8.84. The third-order valence-corrected chi connectivity index (χ3v) is 4.50. The third-order valence-electron chi connectivity index (χ3n) is 3.97. The van der Waals surface area contributed by atoms with Crippen molar-refractivity contribution in [1.82, 2.24) is 10.2 Å². The van der Waals surface area contributed by atoms with Gasteiger partial charge in [-0.3, -0.25) is 4.79 Å². The maximum Gasteiger partial charge on any atom is 0.263 e. The van der Waals surface area contributed by atoms with E-state index in [0.717, 1.165) is 49.1 Å². The Balaban J connectivity index is 2.00. The van der Waals surface area contributed by atoms with Crippen LogP contribution in [0.1, 0.15) is 33.1 Å². The Bertz CT molecular complexity index is 472. The second-order valence-electron chi connectivity index (χ2n) is 5.73. The number of ether oxygens (including phenoxy) is 1. The summed E-state index contributed by atoms with van der Waals surface area (Å²) < 4.78 is 6.82. The highest BCUT2D eigenvalue weighted by Crippen LogP contribution is 2.19. The molecule has 1 aromatic rings. The first-order valence-electron chi connectivity index (χ1n) is 8.05. The van der Waals surface area contributed by atoms with Gasteiger partial charge in [-0.2, -0.15) is 0 Å². The lowest BCUT2D eigenvalue weighted by Gasteiger charge is -2.36. The number of rotatable bonds is 6. The van der Waals surface area contributed by atoms with Gasteiger partial charge in [-0.15, -0.1) is 0 Å². The van der Waals surface area contributed by atoms with Crippen molar-refractivity contribution in [3.63, 3.8) is 0 Å². The molecule has 1 amide bonds. The maximum atomic E-state index is 12.8. The molecule has 1 fully saturated rings. The molecule has 5 heteroatoms. The van der Waals surface area contributed by atoms with Gasteiger partial charge in [0, 0.05) is 17.1 Å². The Morgan fingerprint density at radius 3 is 2.59 bits per heavy atom. The van der Waals surface area contributed by atoms with E-state index in [9.17, 15) is 4.79 Å². The summed E-state index contributed by atoms with van der Waals surface area (Å²) in [5.41, 5.74) is 0. The van der Waals surface area contributed by atoms with Crippen molar-refractivity contribution in [3.8, 4) is 5.75 Å². The minimum atomic E-state index is -0.456. The van der Waals surface area contributed by atoms with E-state index in [1.165, 1.54) is 0 Å². The molecule has 0 spiro atoms. The van der Waals surface area contributed by atoms with E-state index >= 15 is 0 Å². The molecule has 0 radical (unpaired) electrons. The fourth-order valence-corrected chi connectivity index (χ4v) is 3.10. The van der Waals surface area contributed by atoms with Gasteiger partial charge in [0.25, 0.3) is 5.91 Å². The van der Waals surface area contributed by atoms with E-state index in [1.54, 1.807) is 0 Å². The Kier molecular flexibility index (Phi) is 6.70. The normalized spacial score (nSPS) is 17.0. The quantitative estimate of drug-likeness (QED) is 0.837. The van der Waals surface area contributed by atoms with Crippen LogP contribution in [0.3, 0.4) is 0 Å². The zero-order valence-corrected chi connectivity index (χ0v) is 14.9. The summed E-state index contributed by atoms with van der Waals surface area (Å²) in [5, 5.41) is 3.35. The van der Waals surface area contributed by atoms with Gasteiger partial charge in [0.05, 0.1) is 0 Å². The monoisotopic (exact) mass is 368 g/mol. The topological polar surface area (TPSA) is 41.6 Å². The molecule has 4 nitrogen and oxygen atoms in total. The van der Waals surface area contributed by atoms with Crippen LogP contribution in [-0.4, -0.2) is 42.6 Å². The number of carbonyl (C=O) groups is 1. The van der Waals surface area contributed by atoms with Crippen LogP contribution < -0.4 is 10.1 Å². The predicted octanol–water partition coefficient (Wildman–Crippen LogP) is 3.21. The molecule has 22 heavy (non-hydrogen) atoms. The van der Waals surface area contributed by atoms with Gasteiger partial charge in [0.15, 0.2) is 6.10 Å². The summed E-state index contributed by atoms with van der Waals surface area (Å²) in [5.74, 6) is 0.822.